The topological polar surface area (TPSA) is 12.0 Å². The average Bonchev–Trinajstić information content (AvgIpc) is 3.18. The van der Waals surface area contributed by atoms with E-state index in [-0.39, 0.29) is 0 Å². The van der Waals surface area contributed by atoms with Crippen molar-refractivity contribution in [3.8, 4) is 10.4 Å². The van der Waals surface area contributed by atoms with Crippen LogP contribution in [0.5, 0.6) is 0 Å². The van der Waals surface area contributed by atoms with Gasteiger partial charge in [-0.15, -0.1) is 34.0 Å². The third-order valence-electron chi connectivity index (χ3n) is 3.17. The van der Waals surface area contributed by atoms with E-state index in [2.05, 4.69) is 58.7 Å². The molecule has 0 radical (unpaired) electrons. The van der Waals surface area contributed by atoms with Crippen LogP contribution in [0.1, 0.15) is 16.7 Å². The summed E-state index contributed by atoms with van der Waals surface area (Å²) in [6.45, 7) is 3.22. The summed E-state index contributed by atoms with van der Waals surface area (Å²) < 4.78 is 0. The zero-order valence-electron chi connectivity index (χ0n) is 11.3. The SMILES string of the molecule is CC(Cc1cccs1)NCc1cc(-c2cccs2)cs1. The standard InChI is InChI=1S/C16H17NS3/c1-12(8-14-4-2-6-18-14)17-10-15-9-13(11-20-15)16-5-3-7-19-16/h2-7,9,11-12,17H,8,10H2,1H3. The molecule has 104 valence electrons. The molecule has 3 heterocycles. The molecule has 1 atom stereocenters. The molecule has 0 spiro atoms. The van der Waals surface area contributed by atoms with Crippen LogP contribution in [0.15, 0.2) is 46.5 Å². The Morgan fingerprint density at radius 3 is 2.65 bits per heavy atom. The third kappa shape index (κ3) is 3.58. The first kappa shape index (κ1) is 14.0. The lowest BCUT2D eigenvalue weighted by molar-refractivity contribution is 0.552. The molecule has 0 aromatic carbocycles. The summed E-state index contributed by atoms with van der Waals surface area (Å²) in [6, 6.07) is 11.5. The molecule has 0 fully saturated rings. The molecule has 0 amide bonds. The second kappa shape index (κ2) is 6.68. The zero-order chi connectivity index (χ0) is 13.8. The lowest BCUT2D eigenvalue weighted by atomic mass is 10.2. The molecule has 4 heteroatoms. The van der Waals surface area contributed by atoms with Gasteiger partial charge in [0.25, 0.3) is 0 Å². The van der Waals surface area contributed by atoms with E-state index in [4.69, 9.17) is 0 Å². The van der Waals surface area contributed by atoms with Crippen molar-refractivity contribution in [2.24, 2.45) is 0 Å². The Hall–Kier alpha value is -0.940. The normalized spacial score (nSPS) is 12.7. The van der Waals surface area contributed by atoms with Crippen molar-refractivity contribution in [3.63, 3.8) is 0 Å². The molecule has 1 N–H and O–H groups in total. The van der Waals surface area contributed by atoms with Gasteiger partial charge < -0.3 is 5.32 Å². The number of thiophene rings is 3. The molecule has 20 heavy (non-hydrogen) atoms. The van der Waals surface area contributed by atoms with Crippen molar-refractivity contribution in [1.29, 1.82) is 0 Å². The molecule has 1 nitrogen and oxygen atoms in total. The predicted octanol–water partition coefficient (Wildman–Crippen LogP) is 5.26. The summed E-state index contributed by atoms with van der Waals surface area (Å²) in [5.41, 5.74) is 1.35. The fourth-order valence-corrected chi connectivity index (χ4v) is 4.58. The van der Waals surface area contributed by atoms with Crippen LogP contribution >= 0.6 is 34.0 Å². The Morgan fingerprint density at radius 1 is 1.05 bits per heavy atom. The minimum Gasteiger partial charge on any atom is -0.309 e. The van der Waals surface area contributed by atoms with Crippen LogP contribution < -0.4 is 5.32 Å². The molecule has 0 aliphatic carbocycles. The minimum absolute atomic E-state index is 0.515. The van der Waals surface area contributed by atoms with Crippen molar-refractivity contribution >= 4 is 34.0 Å². The Kier molecular flexibility index (Phi) is 4.68. The number of nitrogens with one attached hydrogen (secondary N) is 1. The molecule has 0 aliphatic rings. The smallest absolute Gasteiger partial charge is 0.0351 e. The van der Waals surface area contributed by atoms with Crippen LogP contribution in [0, 0.1) is 0 Å². The molecule has 3 aromatic rings. The Labute approximate surface area is 131 Å². The van der Waals surface area contributed by atoms with Gasteiger partial charge in [-0.2, -0.15) is 0 Å². The Bertz CT molecular complexity index is 623. The summed E-state index contributed by atoms with van der Waals surface area (Å²) in [4.78, 5) is 4.22. The highest BCUT2D eigenvalue weighted by atomic mass is 32.1. The molecule has 0 saturated heterocycles. The highest BCUT2D eigenvalue weighted by Gasteiger charge is 2.06. The van der Waals surface area contributed by atoms with Gasteiger partial charge in [-0.3, -0.25) is 0 Å². The van der Waals surface area contributed by atoms with Crippen LogP contribution in [-0.2, 0) is 13.0 Å². The van der Waals surface area contributed by atoms with E-state index < -0.39 is 0 Å². The first-order valence-corrected chi connectivity index (χ1v) is 9.32. The second-order valence-electron chi connectivity index (χ2n) is 4.84. The molecule has 3 aromatic heterocycles. The van der Waals surface area contributed by atoms with Crippen molar-refractivity contribution in [2.45, 2.75) is 25.9 Å². The monoisotopic (exact) mass is 319 g/mol. The molecular formula is C16H17NS3. The van der Waals surface area contributed by atoms with Gasteiger partial charge in [0.1, 0.15) is 0 Å². The van der Waals surface area contributed by atoms with Crippen molar-refractivity contribution in [2.75, 3.05) is 0 Å². The average molecular weight is 320 g/mol. The number of rotatable bonds is 6. The Balaban J connectivity index is 1.53. The lowest BCUT2D eigenvalue weighted by Gasteiger charge is -2.11. The summed E-state index contributed by atoms with van der Waals surface area (Å²) in [5.74, 6) is 0. The van der Waals surface area contributed by atoms with Crippen LogP contribution in [0.2, 0.25) is 0 Å². The third-order valence-corrected chi connectivity index (χ3v) is 5.93. The van der Waals surface area contributed by atoms with Gasteiger partial charge in [-0.25, -0.2) is 0 Å². The van der Waals surface area contributed by atoms with E-state index in [1.165, 1.54) is 20.2 Å². The van der Waals surface area contributed by atoms with Crippen molar-refractivity contribution in [1.82, 2.24) is 5.32 Å². The minimum atomic E-state index is 0.515. The largest absolute Gasteiger partial charge is 0.309 e. The zero-order valence-corrected chi connectivity index (χ0v) is 13.8. The van der Waals surface area contributed by atoms with E-state index in [1.807, 2.05) is 22.7 Å². The van der Waals surface area contributed by atoms with Crippen LogP contribution in [0.3, 0.4) is 0 Å². The quantitative estimate of drug-likeness (QED) is 0.653. The highest BCUT2D eigenvalue weighted by molar-refractivity contribution is 7.14. The van der Waals surface area contributed by atoms with Crippen molar-refractivity contribution in [3.05, 3.63) is 56.2 Å². The number of hydrogen-bond acceptors (Lipinski definition) is 4. The van der Waals surface area contributed by atoms with E-state index in [9.17, 15) is 0 Å². The first-order valence-electron chi connectivity index (χ1n) is 6.68. The van der Waals surface area contributed by atoms with Gasteiger partial charge in [0.15, 0.2) is 0 Å². The van der Waals surface area contributed by atoms with Gasteiger partial charge in [0.05, 0.1) is 0 Å². The predicted molar refractivity (Wildman–Crippen MR) is 92.0 cm³/mol. The van der Waals surface area contributed by atoms with Crippen molar-refractivity contribution < 1.29 is 0 Å². The van der Waals surface area contributed by atoms with E-state index in [1.54, 1.807) is 11.3 Å². The summed E-state index contributed by atoms with van der Waals surface area (Å²) in [6.07, 6.45) is 1.11. The first-order chi connectivity index (χ1) is 9.81. The molecule has 0 aliphatic heterocycles. The van der Waals surface area contributed by atoms with Gasteiger partial charge in [0.2, 0.25) is 0 Å². The second-order valence-corrected chi connectivity index (χ2v) is 7.82. The molecule has 1 unspecified atom stereocenters. The summed E-state index contributed by atoms with van der Waals surface area (Å²) >= 11 is 5.49. The fraction of sp³-hybridized carbons (Fsp3) is 0.250. The summed E-state index contributed by atoms with van der Waals surface area (Å²) in [5, 5.41) is 10.2. The van der Waals surface area contributed by atoms with Gasteiger partial charge in [-0.1, -0.05) is 12.1 Å². The lowest BCUT2D eigenvalue weighted by Crippen LogP contribution is -2.26. The van der Waals surface area contributed by atoms with E-state index >= 15 is 0 Å². The molecule has 3 rings (SSSR count). The Morgan fingerprint density at radius 2 is 1.90 bits per heavy atom. The number of hydrogen-bond donors (Lipinski definition) is 1. The highest BCUT2D eigenvalue weighted by Crippen LogP contribution is 2.29. The maximum absolute atomic E-state index is 3.62. The summed E-state index contributed by atoms with van der Waals surface area (Å²) in [7, 11) is 0. The molecular weight excluding hydrogens is 302 g/mol. The van der Waals surface area contributed by atoms with Crippen LogP contribution in [-0.4, -0.2) is 6.04 Å². The van der Waals surface area contributed by atoms with Gasteiger partial charge in [-0.05, 0) is 47.7 Å². The van der Waals surface area contributed by atoms with Gasteiger partial charge >= 0.3 is 0 Å². The van der Waals surface area contributed by atoms with Crippen LogP contribution in [0.25, 0.3) is 10.4 Å². The molecule has 0 bridgehead atoms. The maximum atomic E-state index is 3.62. The molecule has 0 saturated carbocycles. The maximum Gasteiger partial charge on any atom is 0.0351 e. The van der Waals surface area contributed by atoms with Crippen LogP contribution in [0.4, 0.5) is 0 Å². The van der Waals surface area contributed by atoms with E-state index in [0.29, 0.717) is 6.04 Å². The van der Waals surface area contributed by atoms with Gasteiger partial charge in [0, 0.05) is 32.8 Å². The fourth-order valence-electron chi connectivity index (χ4n) is 2.12. The van der Waals surface area contributed by atoms with E-state index in [0.717, 1.165) is 13.0 Å².